The van der Waals surface area contributed by atoms with Gasteiger partial charge in [-0.15, -0.1) is 12.4 Å². The van der Waals surface area contributed by atoms with Crippen LogP contribution in [0.5, 0.6) is 5.75 Å². The zero-order chi connectivity index (χ0) is 20.2. The van der Waals surface area contributed by atoms with Crippen molar-refractivity contribution in [1.29, 1.82) is 0 Å². The first-order valence-electron chi connectivity index (χ1n) is 9.93. The third kappa shape index (κ3) is 5.20. The number of hydrogen-bond donors (Lipinski definition) is 2. The van der Waals surface area contributed by atoms with Gasteiger partial charge in [-0.05, 0) is 48.6 Å². The number of carbonyl (C=O) groups excluding carboxylic acids is 1. The molecule has 1 amide bonds. The largest absolute Gasteiger partial charge is 0.497 e. The Balaban J connectivity index is 0.00000256. The van der Waals surface area contributed by atoms with Crippen molar-refractivity contribution >= 4 is 18.3 Å². The maximum absolute atomic E-state index is 12.9. The molecule has 0 aliphatic heterocycles. The van der Waals surface area contributed by atoms with E-state index in [0.717, 1.165) is 29.7 Å². The first-order valence-corrected chi connectivity index (χ1v) is 9.93. The smallest absolute Gasteiger partial charge is 0.255 e. The molecule has 158 valence electrons. The summed E-state index contributed by atoms with van der Waals surface area (Å²) in [6.45, 7) is 1.08. The van der Waals surface area contributed by atoms with Gasteiger partial charge in [0, 0.05) is 24.3 Å². The summed E-state index contributed by atoms with van der Waals surface area (Å²) in [6.07, 6.45) is 4.12. The van der Waals surface area contributed by atoms with Crippen molar-refractivity contribution in [1.82, 2.24) is 15.1 Å². The molecule has 1 heterocycles. The number of nitrogens with two attached hydrogens (primary N) is 1. The number of ether oxygens (including phenoxy) is 1. The Morgan fingerprint density at radius 3 is 2.53 bits per heavy atom. The lowest BCUT2D eigenvalue weighted by atomic mass is 10.1. The number of methoxy groups -OCH3 is 1. The molecule has 1 aliphatic rings. The summed E-state index contributed by atoms with van der Waals surface area (Å²) >= 11 is 0. The third-order valence-electron chi connectivity index (χ3n) is 5.28. The SMILES string of the molecule is COc1ccc(-c2nn(Cc3ccccc3)cc2C(=O)NCC(N)C2CC2)cc1.Cl. The van der Waals surface area contributed by atoms with Crippen LogP contribution in [0.4, 0.5) is 0 Å². The molecule has 0 saturated heterocycles. The molecule has 0 radical (unpaired) electrons. The van der Waals surface area contributed by atoms with Gasteiger partial charge < -0.3 is 15.8 Å². The summed E-state index contributed by atoms with van der Waals surface area (Å²) in [5.74, 6) is 1.15. The molecule has 6 nitrogen and oxygen atoms in total. The molecule has 1 atom stereocenters. The Morgan fingerprint density at radius 1 is 1.20 bits per heavy atom. The Hall–Kier alpha value is -2.83. The van der Waals surface area contributed by atoms with Crippen molar-refractivity contribution in [3.63, 3.8) is 0 Å². The van der Waals surface area contributed by atoms with Crippen molar-refractivity contribution in [3.8, 4) is 17.0 Å². The molecule has 0 spiro atoms. The van der Waals surface area contributed by atoms with Crippen molar-refractivity contribution in [2.75, 3.05) is 13.7 Å². The van der Waals surface area contributed by atoms with E-state index in [1.54, 1.807) is 7.11 Å². The Kier molecular flexibility index (Phi) is 7.13. The lowest BCUT2D eigenvalue weighted by Crippen LogP contribution is -2.38. The molecule has 3 aromatic rings. The number of rotatable bonds is 8. The third-order valence-corrected chi connectivity index (χ3v) is 5.28. The van der Waals surface area contributed by atoms with E-state index in [9.17, 15) is 4.79 Å². The number of carbonyl (C=O) groups is 1. The molecule has 2 aromatic carbocycles. The highest BCUT2D eigenvalue weighted by molar-refractivity contribution is 5.99. The molecule has 0 bridgehead atoms. The maximum Gasteiger partial charge on any atom is 0.255 e. The van der Waals surface area contributed by atoms with E-state index in [0.29, 0.717) is 30.3 Å². The normalized spacial score (nSPS) is 13.9. The molecule has 30 heavy (non-hydrogen) atoms. The molecule has 3 N–H and O–H groups in total. The monoisotopic (exact) mass is 426 g/mol. The van der Waals surface area contributed by atoms with Gasteiger partial charge >= 0.3 is 0 Å². The molecule has 1 aliphatic carbocycles. The molecular weight excluding hydrogens is 400 g/mol. The van der Waals surface area contributed by atoms with Crippen LogP contribution >= 0.6 is 12.4 Å². The van der Waals surface area contributed by atoms with E-state index in [1.807, 2.05) is 65.5 Å². The van der Waals surface area contributed by atoms with Crippen LogP contribution in [-0.4, -0.2) is 35.4 Å². The van der Waals surface area contributed by atoms with Gasteiger partial charge in [-0.3, -0.25) is 9.48 Å². The van der Waals surface area contributed by atoms with Crippen molar-refractivity contribution in [3.05, 3.63) is 71.9 Å². The van der Waals surface area contributed by atoms with Crippen LogP contribution in [-0.2, 0) is 6.54 Å². The highest BCUT2D eigenvalue weighted by atomic mass is 35.5. The average molecular weight is 427 g/mol. The first kappa shape index (κ1) is 21.9. The van der Waals surface area contributed by atoms with Crippen LogP contribution in [0.15, 0.2) is 60.8 Å². The highest BCUT2D eigenvalue weighted by Crippen LogP contribution is 2.31. The van der Waals surface area contributed by atoms with Crippen LogP contribution in [0.1, 0.15) is 28.8 Å². The van der Waals surface area contributed by atoms with E-state index in [2.05, 4.69) is 5.32 Å². The van der Waals surface area contributed by atoms with Crippen molar-refractivity contribution < 1.29 is 9.53 Å². The molecule has 1 unspecified atom stereocenters. The second-order valence-electron chi connectivity index (χ2n) is 7.51. The summed E-state index contributed by atoms with van der Waals surface area (Å²) in [4.78, 5) is 12.9. The molecule has 1 aromatic heterocycles. The number of halogens is 1. The molecular formula is C23H27ClN4O2. The second kappa shape index (κ2) is 9.78. The predicted molar refractivity (Wildman–Crippen MR) is 120 cm³/mol. The van der Waals surface area contributed by atoms with E-state index in [1.165, 1.54) is 0 Å². The van der Waals surface area contributed by atoms with Crippen LogP contribution in [0, 0.1) is 5.92 Å². The minimum absolute atomic E-state index is 0. The van der Waals surface area contributed by atoms with Crippen LogP contribution in [0.2, 0.25) is 0 Å². The lowest BCUT2D eigenvalue weighted by Gasteiger charge is -2.11. The zero-order valence-corrected chi connectivity index (χ0v) is 17.8. The quantitative estimate of drug-likeness (QED) is 0.577. The van der Waals surface area contributed by atoms with E-state index < -0.39 is 0 Å². The van der Waals surface area contributed by atoms with Gasteiger partial charge in [0.05, 0.1) is 19.2 Å². The predicted octanol–water partition coefficient (Wildman–Crippen LogP) is 3.50. The minimum Gasteiger partial charge on any atom is -0.497 e. The fraction of sp³-hybridized carbons (Fsp3) is 0.304. The summed E-state index contributed by atoms with van der Waals surface area (Å²) < 4.78 is 7.05. The van der Waals surface area contributed by atoms with Gasteiger partial charge in [-0.25, -0.2) is 0 Å². The van der Waals surface area contributed by atoms with Gasteiger partial charge in [0.25, 0.3) is 5.91 Å². The van der Waals surface area contributed by atoms with Crippen LogP contribution in [0.3, 0.4) is 0 Å². The Morgan fingerprint density at radius 2 is 1.90 bits per heavy atom. The van der Waals surface area contributed by atoms with Gasteiger partial charge in [0.2, 0.25) is 0 Å². The van der Waals surface area contributed by atoms with Gasteiger partial charge in [-0.2, -0.15) is 5.10 Å². The number of nitrogens with zero attached hydrogens (tertiary/aromatic N) is 2. The zero-order valence-electron chi connectivity index (χ0n) is 17.0. The lowest BCUT2D eigenvalue weighted by molar-refractivity contribution is 0.0951. The highest BCUT2D eigenvalue weighted by Gasteiger charge is 2.29. The summed E-state index contributed by atoms with van der Waals surface area (Å²) in [5, 5.41) is 7.70. The minimum atomic E-state index is -0.147. The second-order valence-corrected chi connectivity index (χ2v) is 7.51. The molecule has 1 fully saturated rings. The number of benzene rings is 2. The van der Waals surface area contributed by atoms with E-state index in [4.69, 9.17) is 15.6 Å². The number of amides is 1. The fourth-order valence-corrected chi connectivity index (χ4v) is 3.40. The summed E-state index contributed by atoms with van der Waals surface area (Å²) in [6, 6.07) is 17.7. The fourth-order valence-electron chi connectivity index (χ4n) is 3.40. The topological polar surface area (TPSA) is 82.2 Å². The summed E-state index contributed by atoms with van der Waals surface area (Å²) in [5.41, 5.74) is 9.34. The molecule has 1 saturated carbocycles. The first-order chi connectivity index (χ1) is 14.1. The van der Waals surface area contributed by atoms with E-state index >= 15 is 0 Å². The van der Waals surface area contributed by atoms with Gasteiger partial charge in [0.1, 0.15) is 11.4 Å². The number of nitrogens with one attached hydrogen (secondary N) is 1. The van der Waals surface area contributed by atoms with Crippen molar-refractivity contribution in [2.24, 2.45) is 11.7 Å². The summed E-state index contributed by atoms with van der Waals surface area (Å²) in [7, 11) is 1.63. The number of aromatic nitrogens is 2. The standard InChI is InChI=1S/C23H26N4O2.ClH/c1-29-19-11-9-18(10-12-19)22-20(23(28)25-13-21(24)17-7-8-17)15-27(26-22)14-16-5-3-2-4-6-16;/h2-6,9-12,15,17,21H,7-8,13-14,24H2,1H3,(H,25,28);1H. The Bertz CT molecular complexity index is 969. The van der Waals surface area contributed by atoms with Crippen LogP contribution in [0.25, 0.3) is 11.3 Å². The molecule has 4 rings (SSSR count). The Labute approximate surface area is 182 Å². The molecule has 7 heteroatoms. The van der Waals surface area contributed by atoms with Gasteiger partial charge in [-0.1, -0.05) is 30.3 Å². The number of hydrogen-bond acceptors (Lipinski definition) is 4. The van der Waals surface area contributed by atoms with Crippen LogP contribution < -0.4 is 15.8 Å². The van der Waals surface area contributed by atoms with E-state index in [-0.39, 0.29) is 24.4 Å². The van der Waals surface area contributed by atoms with Gasteiger partial charge in [0.15, 0.2) is 0 Å². The van der Waals surface area contributed by atoms with Crippen molar-refractivity contribution in [2.45, 2.75) is 25.4 Å². The average Bonchev–Trinajstić information content (AvgIpc) is 3.53. The maximum atomic E-state index is 12.9.